The van der Waals surface area contributed by atoms with Crippen molar-refractivity contribution < 1.29 is 13.9 Å². The number of fused-ring (bicyclic) bond motifs is 1. The molecule has 3 aromatic rings. The maximum absolute atomic E-state index is 13.4. The van der Waals surface area contributed by atoms with E-state index in [-0.39, 0.29) is 17.7 Å². The van der Waals surface area contributed by atoms with Crippen molar-refractivity contribution in [3.05, 3.63) is 76.1 Å². The molecule has 0 N–H and O–H groups in total. The Morgan fingerprint density at radius 1 is 1.26 bits per heavy atom. The molecule has 6 heteroatoms. The average molecular weight is 312 g/mol. The zero-order valence-electron chi connectivity index (χ0n) is 12.3. The number of ether oxygens (including phenoxy) is 1. The predicted octanol–water partition coefficient (Wildman–Crippen LogP) is 2.37. The van der Waals surface area contributed by atoms with Gasteiger partial charge in [-0.25, -0.2) is 14.2 Å². The fourth-order valence-electron chi connectivity index (χ4n) is 2.39. The third-order valence-corrected chi connectivity index (χ3v) is 3.55. The molecule has 0 radical (unpaired) electrons. The molecule has 0 saturated heterocycles. The van der Waals surface area contributed by atoms with Gasteiger partial charge in [0.15, 0.2) is 0 Å². The molecule has 0 aliphatic heterocycles. The highest BCUT2D eigenvalue weighted by atomic mass is 19.1. The van der Waals surface area contributed by atoms with Gasteiger partial charge in [-0.05, 0) is 29.8 Å². The molecule has 116 valence electrons. The van der Waals surface area contributed by atoms with Gasteiger partial charge < -0.3 is 4.74 Å². The first kappa shape index (κ1) is 14.9. The fraction of sp³-hybridized carbons (Fsp3) is 0.118. The Kier molecular flexibility index (Phi) is 3.89. The van der Waals surface area contributed by atoms with Gasteiger partial charge in [-0.1, -0.05) is 18.2 Å². The third-order valence-electron chi connectivity index (χ3n) is 3.55. The standard InChI is InChI=1S/C17H13FN2O3/c1-23-17(22)14-8-12(18)7-6-11(14)9-20-10-19-15-5-3-2-4-13(15)16(20)21/h2-8,10H,9H2,1H3. The van der Waals surface area contributed by atoms with Crippen LogP contribution in [0.5, 0.6) is 0 Å². The lowest BCUT2D eigenvalue weighted by molar-refractivity contribution is 0.0598. The van der Waals surface area contributed by atoms with Gasteiger partial charge in [-0.2, -0.15) is 0 Å². The van der Waals surface area contributed by atoms with Crippen LogP contribution in [0.4, 0.5) is 4.39 Å². The summed E-state index contributed by atoms with van der Waals surface area (Å²) in [5.74, 6) is -1.19. The molecular formula is C17H13FN2O3. The summed E-state index contributed by atoms with van der Waals surface area (Å²) in [4.78, 5) is 28.5. The summed E-state index contributed by atoms with van der Waals surface area (Å²) in [6.45, 7) is 0.0986. The number of carbonyl (C=O) groups excluding carboxylic acids is 1. The zero-order valence-corrected chi connectivity index (χ0v) is 12.3. The molecule has 0 amide bonds. The Hall–Kier alpha value is -3.02. The number of hydrogen-bond donors (Lipinski definition) is 0. The van der Waals surface area contributed by atoms with E-state index in [1.807, 2.05) is 0 Å². The van der Waals surface area contributed by atoms with E-state index in [1.165, 1.54) is 30.1 Å². The van der Waals surface area contributed by atoms with Gasteiger partial charge in [0.05, 0.1) is 36.4 Å². The summed E-state index contributed by atoms with van der Waals surface area (Å²) >= 11 is 0. The van der Waals surface area contributed by atoms with E-state index in [0.717, 1.165) is 6.07 Å². The molecule has 2 aromatic carbocycles. The molecule has 5 nitrogen and oxygen atoms in total. The lowest BCUT2D eigenvalue weighted by Crippen LogP contribution is -2.22. The van der Waals surface area contributed by atoms with Gasteiger partial charge in [-0.3, -0.25) is 9.36 Å². The van der Waals surface area contributed by atoms with Crippen molar-refractivity contribution in [2.45, 2.75) is 6.54 Å². The number of esters is 1. The van der Waals surface area contributed by atoms with Gasteiger partial charge in [0.1, 0.15) is 5.82 Å². The van der Waals surface area contributed by atoms with Gasteiger partial charge >= 0.3 is 5.97 Å². The minimum Gasteiger partial charge on any atom is -0.465 e. The number of benzene rings is 2. The second kappa shape index (κ2) is 6.00. The van der Waals surface area contributed by atoms with Crippen LogP contribution in [-0.4, -0.2) is 22.6 Å². The Morgan fingerprint density at radius 3 is 2.83 bits per heavy atom. The van der Waals surface area contributed by atoms with Crippen LogP contribution in [0.1, 0.15) is 15.9 Å². The Labute approximate surface area is 131 Å². The van der Waals surface area contributed by atoms with Crippen molar-refractivity contribution in [1.82, 2.24) is 9.55 Å². The normalized spacial score (nSPS) is 10.7. The van der Waals surface area contributed by atoms with E-state index in [4.69, 9.17) is 0 Å². The molecule has 0 aliphatic rings. The molecule has 0 fully saturated rings. The van der Waals surface area contributed by atoms with Crippen molar-refractivity contribution in [2.24, 2.45) is 0 Å². The zero-order chi connectivity index (χ0) is 16.4. The predicted molar refractivity (Wildman–Crippen MR) is 82.8 cm³/mol. The summed E-state index contributed by atoms with van der Waals surface area (Å²) in [6, 6.07) is 10.8. The molecule has 1 heterocycles. The van der Waals surface area contributed by atoms with Gasteiger partial charge in [0, 0.05) is 0 Å². The minimum atomic E-state index is -0.652. The smallest absolute Gasteiger partial charge is 0.338 e. The summed E-state index contributed by atoms with van der Waals surface area (Å²) in [5.41, 5.74) is 0.946. The van der Waals surface area contributed by atoms with E-state index >= 15 is 0 Å². The topological polar surface area (TPSA) is 61.2 Å². The number of nitrogens with zero attached hydrogens (tertiary/aromatic N) is 2. The van der Waals surface area contributed by atoms with Crippen LogP contribution in [0.2, 0.25) is 0 Å². The highest BCUT2D eigenvalue weighted by Crippen LogP contribution is 2.14. The number of para-hydroxylation sites is 1. The fourth-order valence-corrected chi connectivity index (χ4v) is 2.39. The second-order valence-corrected chi connectivity index (χ2v) is 4.99. The molecule has 0 atom stereocenters. The summed E-state index contributed by atoms with van der Waals surface area (Å²) < 4.78 is 19.4. The quantitative estimate of drug-likeness (QED) is 0.697. The van der Waals surface area contributed by atoms with E-state index in [2.05, 4.69) is 9.72 Å². The summed E-state index contributed by atoms with van der Waals surface area (Å²) in [6.07, 6.45) is 1.41. The van der Waals surface area contributed by atoms with E-state index in [0.29, 0.717) is 16.5 Å². The first-order valence-corrected chi connectivity index (χ1v) is 6.91. The van der Waals surface area contributed by atoms with Crippen molar-refractivity contribution in [3.8, 4) is 0 Å². The molecule has 0 spiro atoms. The van der Waals surface area contributed by atoms with Crippen LogP contribution in [0.15, 0.2) is 53.6 Å². The molecule has 0 aliphatic carbocycles. The van der Waals surface area contributed by atoms with Crippen LogP contribution >= 0.6 is 0 Å². The molecule has 1 aromatic heterocycles. The van der Waals surface area contributed by atoms with Crippen LogP contribution in [0, 0.1) is 5.82 Å². The van der Waals surface area contributed by atoms with Gasteiger partial charge in [0.2, 0.25) is 0 Å². The van der Waals surface area contributed by atoms with Crippen molar-refractivity contribution in [1.29, 1.82) is 0 Å². The Morgan fingerprint density at radius 2 is 2.04 bits per heavy atom. The Balaban J connectivity index is 2.08. The molecule has 0 unspecified atom stereocenters. The van der Waals surface area contributed by atoms with Crippen LogP contribution in [0.25, 0.3) is 10.9 Å². The van der Waals surface area contributed by atoms with E-state index in [1.54, 1.807) is 24.3 Å². The SMILES string of the molecule is COC(=O)c1cc(F)ccc1Cn1cnc2ccccc2c1=O. The molecule has 3 rings (SSSR count). The van der Waals surface area contributed by atoms with Crippen LogP contribution in [0.3, 0.4) is 0 Å². The largest absolute Gasteiger partial charge is 0.465 e. The van der Waals surface area contributed by atoms with E-state index in [9.17, 15) is 14.0 Å². The lowest BCUT2D eigenvalue weighted by atomic mass is 10.1. The minimum absolute atomic E-state index is 0.0903. The first-order chi connectivity index (χ1) is 11.1. The van der Waals surface area contributed by atoms with Crippen molar-refractivity contribution >= 4 is 16.9 Å². The van der Waals surface area contributed by atoms with Crippen LogP contribution in [-0.2, 0) is 11.3 Å². The molecule has 23 heavy (non-hydrogen) atoms. The summed E-state index contributed by atoms with van der Waals surface area (Å²) in [7, 11) is 1.22. The van der Waals surface area contributed by atoms with Crippen LogP contribution < -0.4 is 5.56 Å². The monoisotopic (exact) mass is 312 g/mol. The number of halogens is 1. The van der Waals surface area contributed by atoms with Gasteiger partial charge in [0.25, 0.3) is 5.56 Å². The number of carbonyl (C=O) groups is 1. The van der Waals surface area contributed by atoms with Gasteiger partial charge in [-0.15, -0.1) is 0 Å². The maximum Gasteiger partial charge on any atom is 0.338 e. The highest BCUT2D eigenvalue weighted by Gasteiger charge is 2.14. The van der Waals surface area contributed by atoms with Crippen molar-refractivity contribution in [3.63, 3.8) is 0 Å². The summed E-state index contributed by atoms with van der Waals surface area (Å²) in [5, 5.41) is 0.483. The lowest BCUT2D eigenvalue weighted by Gasteiger charge is -2.10. The van der Waals surface area contributed by atoms with E-state index < -0.39 is 11.8 Å². The number of rotatable bonds is 3. The third kappa shape index (κ3) is 2.83. The maximum atomic E-state index is 13.4. The highest BCUT2D eigenvalue weighted by molar-refractivity contribution is 5.91. The Bertz CT molecular complexity index is 950. The number of methoxy groups -OCH3 is 1. The first-order valence-electron chi connectivity index (χ1n) is 6.91. The number of aromatic nitrogens is 2. The molecular weight excluding hydrogens is 299 g/mol. The number of hydrogen-bond acceptors (Lipinski definition) is 4. The average Bonchev–Trinajstić information content (AvgIpc) is 2.58. The molecule has 0 saturated carbocycles. The second-order valence-electron chi connectivity index (χ2n) is 4.99. The van der Waals surface area contributed by atoms with Crippen molar-refractivity contribution in [2.75, 3.05) is 7.11 Å². The molecule has 0 bridgehead atoms.